The van der Waals surface area contributed by atoms with Crippen molar-refractivity contribution in [3.63, 3.8) is 0 Å². The van der Waals surface area contributed by atoms with E-state index < -0.39 is 20.0 Å². The van der Waals surface area contributed by atoms with Gasteiger partial charge in [0.15, 0.2) is 20.0 Å². The van der Waals surface area contributed by atoms with Crippen molar-refractivity contribution in [3.8, 4) is 0 Å². The minimum absolute atomic E-state index is 0. The van der Waals surface area contributed by atoms with Crippen LogP contribution in [0.5, 0.6) is 0 Å². The molecule has 1 saturated heterocycles. The third-order valence-corrected chi connectivity index (χ3v) is 1.37. The summed E-state index contributed by atoms with van der Waals surface area (Å²) in [4.78, 5) is 0. The van der Waals surface area contributed by atoms with Crippen molar-refractivity contribution >= 4 is 12.4 Å². The van der Waals surface area contributed by atoms with E-state index in [1.807, 2.05) is 0 Å². The van der Waals surface area contributed by atoms with Crippen LogP contribution in [0.3, 0.4) is 0 Å². The van der Waals surface area contributed by atoms with Crippen LogP contribution in [0.2, 0.25) is 0 Å². The fraction of sp³-hybridized carbons (Fsp3) is 0.667. The molecular formula is C9H15ClF9N3Ti. The van der Waals surface area contributed by atoms with Gasteiger partial charge < -0.3 is 55.5 Å². The predicted octanol–water partition coefficient (Wildman–Crippen LogP) is 4.00. The average molecular weight is 420 g/mol. The first-order valence-corrected chi connectivity index (χ1v) is 5.25. The third-order valence-electron chi connectivity index (χ3n) is 1.37. The van der Waals surface area contributed by atoms with Crippen molar-refractivity contribution in [1.29, 1.82) is 0 Å². The van der Waals surface area contributed by atoms with Crippen LogP contribution in [-0.4, -0.2) is 39.3 Å². The molecular weight excluding hydrogens is 404 g/mol. The third kappa shape index (κ3) is 107. The number of hydrogen-bond donors (Lipinski definition) is 2. The Bertz CT molecular complexity index is 135. The van der Waals surface area contributed by atoms with Gasteiger partial charge in [0.25, 0.3) is 0 Å². The molecule has 0 radical (unpaired) electrons. The Morgan fingerprint density at radius 3 is 1.00 bits per heavy atom. The molecule has 0 saturated carbocycles. The van der Waals surface area contributed by atoms with Crippen LogP contribution in [-0.2, 0) is 21.7 Å². The van der Waals surface area contributed by atoms with Gasteiger partial charge in [-0.1, -0.05) is 0 Å². The molecule has 1 heterocycles. The Morgan fingerprint density at radius 1 is 0.565 bits per heavy atom. The molecule has 1 aliphatic heterocycles. The maximum atomic E-state index is 9.58. The number of hydrogen-bond acceptors (Lipinski definition) is 2. The normalized spacial score (nSPS) is 14.1. The van der Waals surface area contributed by atoms with Gasteiger partial charge in [0.2, 0.25) is 0 Å². The van der Waals surface area contributed by atoms with Crippen LogP contribution in [0.1, 0.15) is 0 Å². The minimum atomic E-state index is -3.08. The van der Waals surface area contributed by atoms with Gasteiger partial charge in [0.1, 0.15) is 0 Å². The zero-order valence-corrected chi connectivity index (χ0v) is 13.9. The first kappa shape index (κ1) is 34.6. The zero-order valence-electron chi connectivity index (χ0n) is 11.5. The molecule has 0 aromatic heterocycles. The Morgan fingerprint density at radius 2 is 0.783 bits per heavy atom. The van der Waals surface area contributed by atoms with Gasteiger partial charge in [-0.3, -0.25) is 0 Å². The summed E-state index contributed by atoms with van der Waals surface area (Å²) in [6.07, 6.45) is 0. The molecule has 0 aromatic carbocycles. The van der Waals surface area contributed by atoms with Gasteiger partial charge >= 0.3 is 21.7 Å². The molecule has 0 aromatic rings. The molecule has 0 spiro atoms. The predicted molar refractivity (Wildman–Crippen MR) is 65.8 cm³/mol. The van der Waals surface area contributed by atoms with Crippen molar-refractivity contribution in [1.82, 2.24) is 10.6 Å². The Hall–Kier alpha value is 0.254. The van der Waals surface area contributed by atoms with Gasteiger partial charge in [0, 0.05) is 13.1 Å². The average Bonchev–Trinajstić information content (AvgIpc) is 2.41. The molecule has 2 N–H and O–H groups in total. The SMILES string of the molecule is C1CNCCNCC[N-]1.Cl.F[C-](F)F.F[C-](F)F.F[C-](F)F.[Ti+4]. The fourth-order valence-electron chi connectivity index (χ4n) is 0.855. The molecule has 0 unspecified atom stereocenters. The fourth-order valence-corrected chi connectivity index (χ4v) is 0.855. The molecule has 1 aliphatic rings. The smallest absolute Gasteiger partial charge is 0.660 e. The quantitative estimate of drug-likeness (QED) is 0.354. The first-order valence-electron chi connectivity index (χ1n) is 5.25. The van der Waals surface area contributed by atoms with Crippen LogP contribution < -0.4 is 10.6 Å². The summed E-state index contributed by atoms with van der Waals surface area (Å²) in [6, 6.07) is 0. The molecule has 0 aliphatic carbocycles. The summed E-state index contributed by atoms with van der Waals surface area (Å²) in [7, 11) is 0. The molecule has 140 valence electrons. The summed E-state index contributed by atoms with van der Waals surface area (Å²) >= 11 is 0. The van der Waals surface area contributed by atoms with Crippen LogP contribution in [0, 0.1) is 20.0 Å². The van der Waals surface area contributed by atoms with Gasteiger partial charge in [-0.2, -0.15) is 0 Å². The van der Waals surface area contributed by atoms with E-state index in [2.05, 4.69) is 16.0 Å². The maximum absolute atomic E-state index is 9.58. The summed E-state index contributed by atoms with van der Waals surface area (Å²) < 4.78 is 86.2. The van der Waals surface area contributed by atoms with E-state index in [4.69, 9.17) is 0 Å². The summed E-state index contributed by atoms with van der Waals surface area (Å²) in [6.45, 7) is -3.06. The van der Waals surface area contributed by atoms with Gasteiger partial charge in [-0.15, -0.1) is 25.5 Å². The van der Waals surface area contributed by atoms with E-state index in [0.717, 1.165) is 39.3 Å². The molecule has 0 atom stereocenters. The van der Waals surface area contributed by atoms with Gasteiger partial charge in [0.05, 0.1) is 0 Å². The second-order valence-corrected chi connectivity index (χ2v) is 2.81. The second kappa shape index (κ2) is 30.2. The first-order chi connectivity index (χ1) is 9.70. The zero-order chi connectivity index (χ0) is 17.1. The summed E-state index contributed by atoms with van der Waals surface area (Å²) in [5.74, 6) is 0. The Kier molecular flexibility index (Phi) is 45.3. The number of rotatable bonds is 0. The van der Waals surface area contributed by atoms with E-state index in [0.29, 0.717) is 0 Å². The number of nitrogens with one attached hydrogen (secondary N) is 2. The largest absolute Gasteiger partial charge is 4.00 e. The van der Waals surface area contributed by atoms with E-state index in [9.17, 15) is 39.5 Å². The van der Waals surface area contributed by atoms with Crippen LogP contribution in [0.15, 0.2) is 0 Å². The standard InChI is InChI=1S/C6H14N3.3CF3.ClH.Ti/c1-2-8-5-6-9-4-3-7-1;3*2-1(3)4;;/h7-8H,1-6H2;;;;1H;/q4*-1;;+4. The molecule has 1 rings (SSSR count). The van der Waals surface area contributed by atoms with Crippen molar-refractivity contribution in [2.75, 3.05) is 39.3 Å². The molecule has 0 bridgehead atoms. The van der Waals surface area contributed by atoms with E-state index in [1.165, 1.54) is 0 Å². The molecule has 3 nitrogen and oxygen atoms in total. The number of halogens is 10. The minimum Gasteiger partial charge on any atom is -0.660 e. The van der Waals surface area contributed by atoms with Crippen molar-refractivity contribution in [2.45, 2.75) is 0 Å². The van der Waals surface area contributed by atoms with Crippen LogP contribution in [0.25, 0.3) is 5.32 Å². The van der Waals surface area contributed by atoms with Crippen LogP contribution >= 0.6 is 12.4 Å². The van der Waals surface area contributed by atoms with Crippen molar-refractivity contribution < 1.29 is 61.2 Å². The van der Waals surface area contributed by atoms with Crippen molar-refractivity contribution in [2.24, 2.45) is 0 Å². The van der Waals surface area contributed by atoms with Crippen molar-refractivity contribution in [3.05, 3.63) is 25.4 Å². The summed E-state index contributed by atoms with van der Waals surface area (Å²) in [5.41, 5.74) is 0. The summed E-state index contributed by atoms with van der Waals surface area (Å²) in [5, 5.41) is 10.8. The molecule has 14 heteroatoms. The van der Waals surface area contributed by atoms with E-state index >= 15 is 0 Å². The molecule has 23 heavy (non-hydrogen) atoms. The van der Waals surface area contributed by atoms with E-state index in [1.54, 1.807) is 0 Å². The van der Waals surface area contributed by atoms with Gasteiger partial charge in [-0.25, -0.2) is 0 Å². The monoisotopic (exact) mass is 419 g/mol. The Balaban J connectivity index is -0.0000000670. The van der Waals surface area contributed by atoms with Crippen LogP contribution in [0.4, 0.5) is 39.5 Å². The maximum Gasteiger partial charge on any atom is 4.00 e. The second-order valence-electron chi connectivity index (χ2n) is 2.81. The number of nitrogens with zero attached hydrogens (tertiary/aromatic N) is 1. The molecule has 1 fully saturated rings. The Labute approximate surface area is 149 Å². The molecule has 0 amide bonds. The van der Waals surface area contributed by atoms with E-state index in [-0.39, 0.29) is 34.1 Å². The van der Waals surface area contributed by atoms with Gasteiger partial charge in [-0.05, 0) is 13.1 Å². The topological polar surface area (TPSA) is 38.2 Å².